The van der Waals surface area contributed by atoms with Crippen LogP contribution in [0, 0.1) is 5.82 Å². The Kier molecular flexibility index (Phi) is 4.41. The van der Waals surface area contributed by atoms with Gasteiger partial charge in [-0.3, -0.25) is 9.59 Å². The lowest BCUT2D eigenvalue weighted by molar-refractivity contribution is -0.121. The van der Waals surface area contributed by atoms with E-state index < -0.39 is 0 Å². The fourth-order valence-electron chi connectivity index (χ4n) is 3.43. The summed E-state index contributed by atoms with van der Waals surface area (Å²) in [7, 11) is 0. The van der Waals surface area contributed by atoms with Crippen LogP contribution in [0.2, 0.25) is 0 Å². The molecule has 2 N–H and O–H groups in total. The number of carbonyl (C=O) groups excluding carboxylic acids is 2. The van der Waals surface area contributed by atoms with E-state index in [-0.39, 0.29) is 29.5 Å². The van der Waals surface area contributed by atoms with Gasteiger partial charge in [0.2, 0.25) is 5.91 Å². The van der Waals surface area contributed by atoms with Crippen LogP contribution in [0.4, 0.5) is 4.39 Å². The van der Waals surface area contributed by atoms with Gasteiger partial charge in [0.15, 0.2) is 0 Å². The molecule has 0 bridgehead atoms. The molecule has 1 fully saturated rings. The summed E-state index contributed by atoms with van der Waals surface area (Å²) >= 11 is 0. The van der Waals surface area contributed by atoms with Gasteiger partial charge in [-0.25, -0.2) is 9.82 Å². The van der Waals surface area contributed by atoms with Crippen molar-refractivity contribution in [2.24, 2.45) is 5.10 Å². The summed E-state index contributed by atoms with van der Waals surface area (Å²) in [6.45, 7) is 0.461. The number of hydrogen-bond donors (Lipinski definition) is 2. The van der Waals surface area contributed by atoms with Gasteiger partial charge in [0.05, 0.1) is 0 Å². The first-order valence-corrected chi connectivity index (χ1v) is 7.99. The van der Waals surface area contributed by atoms with E-state index in [1.165, 1.54) is 6.07 Å². The number of rotatable bonds is 4. The first kappa shape index (κ1) is 15.6. The molecule has 1 aliphatic heterocycles. The Hall–Kier alpha value is -2.24. The molecule has 0 saturated heterocycles. The molecule has 1 heterocycles. The highest BCUT2D eigenvalue weighted by atomic mass is 19.1. The minimum Gasteiger partial charge on any atom is -0.350 e. The molecule has 23 heavy (non-hydrogen) atoms. The molecular formula is C17H20FN3O2. The molecule has 2 aliphatic rings. The zero-order valence-corrected chi connectivity index (χ0v) is 12.9. The molecule has 1 aromatic carbocycles. The summed E-state index contributed by atoms with van der Waals surface area (Å²) in [6.07, 6.45) is 4.64. The Morgan fingerprint density at radius 3 is 2.74 bits per heavy atom. The average Bonchev–Trinajstić information content (AvgIpc) is 3.03. The molecule has 0 unspecified atom stereocenters. The monoisotopic (exact) mass is 317 g/mol. The van der Waals surface area contributed by atoms with E-state index in [0.717, 1.165) is 31.2 Å². The van der Waals surface area contributed by atoms with Gasteiger partial charge in [-0.15, -0.1) is 0 Å². The fraction of sp³-hybridized carbons (Fsp3) is 0.471. The number of halogens is 1. The zero-order chi connectivity index (χ0) is 16.3. The highest BCUT2D eigenvalue weighted by molar-refractivity contribution is 6.39. The SMILES string of the molecule is O=C1CCC(C(=O)NCC2(c3cccc(F)c3)CCCC2)=NN1. The largest absolute Gasteiger partial charge is 0.350 e. The molecular weight excluding hydrogens is 297 g/mol. The van der Waals surface area contributed by atoms with Crippen LogP contribution in [0.5, 0.6) is 0 Å². The summed E-state index contributed by atoms with van der Waals surface area (Å²) in [5.41, 5.74) is 3.40. The quantitative estimate of drug-likeness (QED) is 0.892. The molecule has 0 spiro atoms. The van der Waals surface area contributed by atoms with E-state index in [4.69, 9.17) is 0 Å². The summed E-state index contributed by atoms with van der Waals surface area (Å²) in [4.78, 5) is 23.3. The Morgan fingerprint density at radius 1 is 1.30 bits per heavy atom. The maximum absolute atomic E-state index is 13.6. The van der Waals surface area contributed by atoms with E-state index in [1.807, 2.05) is 6.07 Å². The van der Waals surface area contributed by atoms with Crippen LogP contribution in [0.15, 0.2) is 29.4 Å². The number of carbonyl (C=O) groups is 2. The standard InChI is InChI=1S/C17H20FN3O2/c18-13-5-3-4-12(10-13)17(8-1-2-9-17)11-19-16(23)14-6-7-15(22)21-20-14/h3-5,10H,1-2,6-9,11H2,(H,19,23)(H,21,22). The van der Waals surface area contributed by atoms with Crippen molar-refractivity contribution >= 4 is 17.5 Å². The Balaban J connectivity index is 1.71. The Morgan fingerprint density at radius 2 is 2.09 bits per heavy atom. The van der Waals surface area contributed by atoms with Crippen molar-refractivity contribution < 1.29 is 14.0 Å². The predicted molar refractivity (Wildman–Crippen MR) is 84.4 cm³/mol. The van der Waals surface area contributed by atoms with Crippen molar-refractivity contribution in [1.29, 1.82) is 0 Å². The van der Waals surface area contributed by atoms with Gasteiger partial charge < -0.3 is 5.32 Å². The summed E-state index contributed by atoms with van der Waals surface area (Å²) in [6, 6.07) is 6.65. The number of amides is 2. The van der Waals surface area contributed by atoms with Crippen LogP contribution < -0.4 is 10.7 Å². The van der Waals surface area contributed by atoms with Gasteiger partial charge in [0.1, 0.15) is 11.5 Å². The smallest absolute Gasteiger partial charge is 0.267 e. The van der Waals surface area contributed by atoms with Crippen LogP contribution in [-0.2, 0) is 15.0 Å². The molecule has 1 aliphatic carbocycles. The topological polar surface area (TPSA) is 70.6 Å². The molecule has 2 amide bonds. The average molecular weight is 317 g/mol. The molecule has 122 valence electrons. The Bertz CT molecular complexity index is 651. The summed E-state index contributed by atoms with van der Waals surface area (Å²) in [5, 5.41) is 6.73. The number of benzene rings is 1. The van der Waals surface area contributed by atoms with E-state index in [2.05, 4.69) is 15.8 Å². The van der Waals surface area contributed by atoms with Crippen molar-refractivity contribution in [3.8, 4) is 0 Å². The third-order valence-electron chi connectivity index (χ3n) is 4.75. The lowest BCUT2D eigenvalue weighted by Crippen LogP contribution is -2.43. The van der Waals surface area contributed by atoms with Crippen LogP contribution in [0.1, 0.15) is 44.1 Å². The van der Waals surface area contributed by atoms with Gasteiger partial charge in [-0.2, -0.15) is 5.10 Å². The summed E-state index contributed by atoms with van der Waals surface area (Å²) in [5.74, 6) is -0.680. The maximum atomic E-state index is 13.6. The molecule has 6 heteroatoms. The van der Waals surface area contributed by atoms with E-state index in [9.17, 15) is 14.0 Å². The molecule has 0 radical (unpaired) electrons. The zero-order valence-electron chi connectivity index (χ0n) is 12.9. The number of hydrazone groups is 1. The fourth-order valence-corrected chi connectivity index (χ4v) is 3.43. The summed E-state index contributed by atoms with van der Waals surface area (Å²) < 4.78 is 13.6. The van der Waals surface area contributed by atoms with Crippen LogP contribution in [0.3, 0.4) is 0 Å². The second-order valence-electron chi connectivity index (χ2n) is 6.27. The number of nitrogens with one attached hydrogen (secondary N) is 2. The van der Waals surface area contributed by atoms with Crippen LogP contribution in [-0.4, -0.2) is 24.1 Å². The van der Waals surface area contributed by atoms with Gasteiger partial charge in [-0.1, -0.05) is 25.0 Å². The van der Waals surface area contributed by atoms with Crippen molar-refractivity contribution in [2.75, 3.05) is 6.54 Å². The van der Waals surface area contributed by atoms with E-state index >= 15 is 0 Å². The highest BCUT2D eigenvalue weighted by Crippen LogP contribution is 2.40. The van der Waals surface area contributed by atoms with Crippen LogP contribution in [0.25, 0.3) is 0 Å². The van der Waals surface area contributed by atoms with Gasteiger partial charge in [-0.05, 0) is 30.5 Å². The molecule has 1 saturated carbocycles. The molecule has 5 nitrogen and oxygen atoms in total. The number of hydrogen-bond acceptors (Lipinski definition) is 3. The third-order valence-corrected chi connectivity index (χ3v) is 4.75. The van der Waals surface area contributed by atoms with Gasteiger partial charge in [0.25, 0.3) is 5.91 Å². The van der Waals surface area contributed by atoms with Crippen molar-refractivity contribution in [3.63, 3.8) is 0 Å². The van der Waals surface area contributed by atoms with E-state index in [1.54, 1.807) is 12.1 Å². The first-order chi connectivity index (χ1) is 11.1. The molecule has 1 aromatic rings. The van der Waals surface area contributed by atoms with E-state index in [0.29, 0.717) is 18.7 Å². The van der Waals surface area contributed by atoms with Crippen molar-refractivity contribution in [1.82, 2.24) is 10.7 Å². The minimum absolute atomic E-state index is 0.173. The van der Waals surface area contributed by atoms with Gasteiger partial charge in [0, 0.05) is 24.8 Å². The molecule has 0 atom stereocenters. The van der Waals surface area contributed by atoms with Gasteiger partial charge >= 0.3 is 0 Å². The van der Waals surface area contributed by atoms with Crippen LogP contribution >= 0.6 is 0 Å². The second kappa shape index (κ2) is 6.48. The maximum Gasteiger partial charge on any atom is 0.267 e. The second-order valence-corrected chi connectivity index (χ2v) is 6.27. The Labute approximate surface area is 134 Å². The predicted octanol–water partition coefficient (Wildman–Crippen LogP) is 2.02. The third kappa shape index (κ3) is 3.41. The number of nitrogens with zero attached hydrogens (tertiary/aromatic N) is 1. The highest BCUT2D eigenvalue weighted by Gasteiger charge is 2.36. The lowest BCUT2D eigenvalue weighted by Gasteiger charge is -2.30. The first-order valence-electron chi connectivity index (χ1n) is 7.99. The van der Waals surface area contributed by atoms with Crippen molar-refractivity contribution in [3.05, 3.63) is 35.6 Å². The lowest BCUT2D eigenvalue weighted by atomic mass is 9.78. The molecule has 0 aromatic heterocycles. The molecule has 3 rings (SSSR count). The van der Waals surface area contributed by atoms with Crippen molar-refractivity contribution in [2.45, 2.75) is 43.9 Å². The normalized spacial score (nSPS) is 19.9. The minimum atomic E-state index is -0.257.